The number of nitrogens with zero attached hydrogens (tertiary/aromatic N) is 3. The maximum Gasteiger partial charge on any atom is 0.332 e. The quantitative estimate of drug-likeness (QED) is 0.874. The zero-order chi connectivity index (χ0) is 13.4. The van der Waals surface area contributed by atoms with E-state index < -0.39 is 0 Å². The summed E-state index contributed by atoms with van der Waals surface area (Å²) in [4.78, 5) is 24.2. The molecule has 2 aromatic rings. The fourth-order valence-electron chi connectivity index (χ4n) is 2.00. The van der Waals surface area contributed by atoms with Gasteiger partial charge >= 0.3 is 5.69 Å². The van der Waals surface area contributed by atoms with E-state index >= 15 is 0 Å². The lowest BCUT2D eigenvalue weighted by Crippen LogP contribution is -2.39. The van der Waals surface area contributed by atoms with Crippen LogP contribution in [0.15, 0.2) is 9.59 Å². The summed E-state index contributed by atoms with van der Waals surface area (Å²) in [5, 5.41) is 7.37. The summed E-state index contributed by atoms with van der Waals surface area (Å²) in [5.41, 5.74) is 0.561. The Morgan fingerprint density at radius 1 is 1.39 bits per heavy atom. The summed E-state index contributed by atoms with van der Waals surface area (Å²) in [5.74, 6) is 0.361. The van der Waals surface area contributed by atoms with Crippen LogP contribution in [0.3, 0.4) is 0 Å². The molecule has 0 saturated carbocycles. The molecule has 0 aliphatic heterocycles. The Bertz CT molecular complexity index is 692. The molecule has 0 bridgehead atoms. The zero-order valence-electron chi connectivity index (χ0n) is 11.1. The van der Waals surface area contributed by atoms with Crippen LogP contribution in [-0.4, -0.2) is 19.3 Å². The van der Waals surface area contributed by atoms with Gasteiger partial charge in [0, 0.05) is 19.3 Å². The standard InChI is InChI=1S/C12H18N4O2/c1-5-7(2)6-16-10-9(8(3)13-14-10)11(17)15(4)12(16)18/h7H,5-6H2,1-4H3,(H,13,14). The van der Waals surface area contributed by atoms with E-state index in [0.29, 0.717) is 29.2 Å². The summed E-state index contributed by atoms with van der Waals surface area (Å²) in [7, 11) is 1.50. The molecule has 1 atom stereocenters. The van der Waals surface area contributed by atoms with Crippen LogP contribution in [0, 0.1) is 12.8 Å². The zero-order valence-corrected chi connectivity index (χ0v) is 11.1. The van der Waals surface area contributed by atoms with Crippen molar-refractivity contribution in [3.63, 3.8) is 0 Å². The molecule has 1 unspecified atom stereocenters. The largest absolute Gasteiger partial charge is 0.332 e. The van der Waals surface area contributed by atoms with E-state index in [1.165, 1.54) is 7.05 Å². The normalized spacial score (nSPS) is 13.1. The number of H-pyrrole nitrogens is 1. The highest BCUT2D eigenvalue weighted by atomic mass is 16.2. The first kappa shape index (κ1) is 12.6. The lowest BCUT2D eigenvalue weighted by molar-refractivity contribution is 0.454. The number of fused-ring (bicyclic) bond motifs is 1. The number of aryl methyl sites for hydroxylation is 1. The average Bonchev–Trinajstić information content (AvgIpc) is 2.73. The van der Waals surface area contributed by atoms with Gasteiger partial charge in [0.05, 0.1) is 0 Å². The van der Waals surface area contributed by atoms with E-state index in [0.717, 1.165) is 11.0 Å². The third kappa shape index (κ3) is 1.77. The number of hydrogen-bond acceptors (Lipinski definition) is 3. The second-order valence-electron chi connectivity index (χ2n) is 4.82. The molecular formula is C12H18N4O2. The molecule has 0 aromatic carbocycles. The molecule has 2 aromatic heterocycles. The summed E-state index contributed by atoms with van der Waals surface area (Å²) in [6.07, 6.45) is 0.972. The molecule has 0 saturated heterocycles. The third-order valence-electron chi connectivity index (χ3n) is 3.41. The number of aromatic nitrogens is 4. The summed E-state index contributed by atoms with van der Waals surface area (Å²) in [6, 6.07) is 0. The Morgan fingerprint density at radius 2 is 2.06 bits per heavy atom. The smallest absolute Gasteiger partial charge is 0.280 e. The van der Waals surface area contributed by atoms with Gasteiger partial charge in [-0.25, -0.2) is 4.79 Å². The maximum absolute atomic E-state index is 12.1. The molecule has 0 fully saturated rings. The summed E-state index contributed by atoms with van der Waals surface area (Å²) < 4.78 is 2.72. The summed E-state index contributed by atoms with van der Waals surface area (Å²) >= 11 is 0. The second-order valence-corrected chi connectivity index (χ2v) is 4.82. The SMILES string of the molecule is CCC(C)Cn1c(=O)n(C)c(=O)c2c(C)[nH]nc21. The van der Waals surface area contributed by atoms with Crippen LogP contribution in [-0.2, 0) is 13.6 Å². The molecule has 0 spiro atoms. The molecule has 0 aliphatic rings. The van der Waals surface area contributed by atoms with Crippen molar-refractivity contribution >= 4 is 11.0 Å². The van der Waals surface area contributed by atoms with Crippen LogP contribution >= 0.6 is 0 Å². The number of nitrogens with one attached hydrogen (secondary N) is 1. The Hall–Kier alpha value is -1.85. The predicted molar refractivity (Wildman–Crippen MR) is 69.8 cm³/mol. The first-order valence-electron chi connectivity index (χ1n) is 6.11. The summed E-state index contributed by atoms with van der Waals surface area (Å²) in [6.45, 7) is 6.51. The molecule has 18 heavy (non-hydrogen) atoms. The van der Waals surface area contributed by atoms with E-state index in [1.807, 2.05) is 0 Å². The molecule has 2 rings (SSSR count). The maximum atomic E-state index is 12.1. The van der Waals surface area contributed by atoms with Crippen LogP contribution in [0.2, 0.25) is 0 Å². The van der Waals surface area contributed by atoms with Crippen molar-refractivity contribution in [2.45, 2.75) is 33.7 Å². The van der Waals surface area contributed by atoms with E-state index in [1.54, 1.807) is 11.5 Å². The first-order valence-corrected chi connectivity index (χ1v) is 6.11. The van der Waals surface area contributed by atoms with Crippen LogP contribution < -0.4 is 11.2 Å². The van der Waals surface area contributed by atoms with Gasteiger partial charge in [0.2, 0.25) is 0 Å². The Balaban J connectivity index is 2.80. The monoisotopic (exact) mass is 250 g/mol. The highest BCUT2D eigenvalue weighted by Crippen LogP contribution is 2.11. The minimum atomic E-state index is -0.306. The van der Waals surface area contributed by atoms with Gasteiger partial charge in [-0.2, -0.15) is 5.10 Å². The van der Waals surface area contributed by atoms with Crippen molar-refractivity contribution < 1.29 is 0 Å². The van der Waals surface area contributed by atoms with Gasteiger partial charge in [-0.1, -0.05) is 20.3 Å². The van der Waals surface area contributed by atoms with Gasteiger partial charge in [0.1, 0.15) is 5.39 Å². The van der Waals surface area contributed by atoms with E-state index in [9.17, 15) is 9.59 Å². The highest BCUT2D eigenvalue weighted by molar-refractivity contribution is 5.76. The molecule has 0 amide bonds. The fraction of sp³-hybridized carbons (Fsp3) is 0.583. The molecule has 0 aliphatic carbocycles. The lowest BCUT2D eigenvalue weighted by atomic mass is 10.1. The van der Waals surface area contributed by atoms with E-state index in [2.05, 4.69) is 24.0 Å². The number of hydrogen-bond donors (Lipinski definition) is 1. The fourth-order valence-corrected chi connectivity index (χ4v) is 2.00. The van der Waals surface area contributed by atoms with Gasteiger partial charge in [-0.3, -0.25) is 19.0 Å². The predicted octanol–water partition coefficient (Wildman–Crippen LogP) is 0.778. The van der Waals surface area contributed by atoms with Crippen molar-refractivity contribution in [2.75, 3.05) is 0 Å². The van der Waals surface area contributed by atoms with Crippen LogP contribution in [0.1, 0.15) is 26.0 Å². The molecule has 6 nitrogen and oxygen atoms in total. The van der Waals surface area contributed by atoms with Crippen LogP contribution in [0.5, 0.6) is 0 Å². The van der Waals surface area contributed by atoms with Gasteiger partial charge in [-0.05, 0) is 12.8 Å². The molecule has 0 radical (unpaired) electrons. The second kappa shape index (κ2) is 4.44. The van der Waals surface area contributed by atoms with Gasteiger partial charge in [0.25, 0.3) is 5.56 Å². The van der Waals surface area contributed by atoms with Crippen LogP contribution in [0.25, 0.3) is 11.0 Å². The molecule has 98 valence electrons. The Kier molecular flexibility index (Phi) is 3.11. The minimum absolute atomic E-state index is 0.290. The third-order valence-corrected chi connectivity index (χ3v) is 3.41. The van der Waals surface area contributed by atoms with E-state index in [4.69, 9.17) is 0 Å². The Morgan fingerprint density at radius 3 is 2.67 bits per heavy atom. The van der Waals surface area contributed by atoms with Crippen molar-refractivity contribution in [1.29, 1.82) is 0 Å². The average molecular weight is 250 g/mol. The molecular weight excluding hydrogens is 232 g/mol. The minimum Gasteiger partial charge on any atom is -0.280 e. The highest BCUT2D eigenvalue weighted by Gasteiger charge is 2.16. The lowest BCUT2D eigenvalue weighted by Gasteiger charge is -2.12. The Labute approximate surface area is 104 Å². The van der Waals surface area contributed by atoms with Crippen molar-refractivity contribution in [2.24, 2.45) is 13.0 Å². The van der Waals surface area contributed by atoms with Gasteiger partial charge in [0.15, 0.2) is 5.65 Å². The van der Waals surface area contributed by atoms with Gasteiger partial charge in [-0.15, -0.1) is 0 Å². The molecule has 2 heterocycles. The number of aromatic amines is 1. The first-order chi connectivity index (χ1) is 8.47. The topological polar surface area (TPSA) is 72.7 Å². The molecule has 6 heteroatoms. The molecule has 1 N–H and O–H groups in total. The van der Waals surface area contributed by atoms with Gasteiger partial charge < -0.3 is 0 Å². The van der Waals surface area contributed by atoms with Crippen molar-refractivity contribution in [3.05, 3.63) is 26.5 Å². The van der Waals surface area contributed by atoms with Crippen LogP contribution in [0.4, 0.5) is 0 Å². The van der Waals surface area contributed by atoms with Crippen molar-refractivity contribution in [3.8, 4) is 0 Å². The van der Waals surface area contributed by atoms with Crippen molar-refractivity contribution in [1.82, 2.24) is 19.3 Å². The van der Waals surface area contributed by atoms with E-state index in [-0.39, 0.29) is 11.2 Å². The number of rotatable bonds is 3.